The van der Waals surface area contributed by atoms with Crippen LogP contribution in [0.2, 0.25) is 0 Å². The number of oxime groups is 1. The SMILES string of the molecule is Cc1ncc(CNCc2ccc(/C(N)=N/O)cc2C)s1. The second-order valence-electron chi connectivity index (χ2n) is 4.58. The molecule has 0 amide bonds. The van der Waals surface area contributed by atoms with Crippen molar-refractivity contribution >= 4 is 17.2 Å². The summed E-state index contributed by atoms with van der Waals surface area (Å²) in [5.41, 5.74) is 8.61. The molecule has 2 rings (SSSR count). The fourth-order valence-corrected chi connectivity index (χ4v) is 2.68. The van der Waals surface area contributed by atoms with Crippen LogP contribution in [0, 0.1) is 13.8 Å². The highest BCUT2D eigenvalue weighted by molar-refractivity contribution is 7.11. The Hall–Kier alpha value is -1.92. The zero-order valence-electron chi connectivity index (χ0n) is 11.6. The van der Waals surface area contributed by atoms with Gasteiger partial charge in [-0.05, 0) is 31.0 Å². The number of thiazole rings is 1. The van der Waals surface area contributed by atoms with Gasteiger partial charge in [-0.15, -0.1) is 11.3 Å². The van der Waals surface area contributed by atoms with E-state index in [-0.39, 0.29) is 5.84 Å². The Bertz CT molecular complexity index is 621. The molecule has 0 atom stereocenters. The van der Waals surface area contributed by atoms with E-state index in [1.165, 1.54) is 10.4 Å². The van der Waals surface area contributed by atoms with E-state index in [2.05, 4.69) is 15.5 Å². The minimum Gasteiger partial charge on any atom is -0.409 e. The molecule has 0 aliphatic rings. The lowest BCUT2D eigenvalue weighted by atomic mass is 10.0. The molecule has 0 aliphatic heterocycles. The molecule has 2 aromatic rings. The third-order valence-electron chi connectivity index (χ3n) is 3.03. The van der Waals surface area contributed by atoms with E-state index in [1.807, 2.05) is 38.2 Å². The normalized spacial score (nSPS) is 11.8. The first-order chi connectivity index (χ1) is 9.60. The van der Waals surface area contributed by atoms with Crippen LogP contribution in [0.4, 0.5) is 0 Å². The van der Waals surface area contributed by atoms with Gasteiger partial charge in [-0.25, -0.2) is 4.98 Å². The third-order valence-corrected chi connectivity index (χ3v) is 3.94. The summed E-state index contributed by atoms with van der Waals surface area (Å²) in [6.07, 6.45) is 1.90. The first-order valence-corrected chi connectivity index (χ1v) is 7.11. The van der Waals surface area contributed by atoms with E-state index in [4.69, 9.17) is 10.9 Å². The number of rotatable bonds is 5. The van der Waals surface area contributed by atoms with Gasteiger partial charge in [0.05, 0.1) is 5.01 Å². The van der Waals surface area contributed by atoms with Gasteiger partial charge in [0.1, 0.15) is 0 Å². The molecule has 0 unspecified atom stereocenters. The molecule has 0 radical (unpaired) electrons. The van der Waals surface area contributed by atoms with Crippen LogP contribution in [0.25, 0.3) is 0 Å². The van der Waals surface area contributed by atoms with Gasteiger partial charge < -0.3 is 16.3 Å². The number of hydrogen-bond donors (Lipinski definition) is 3. The molecule has 1 aromatic heterocycles. The maximum absolute atomic E-state index is 8.66. The number of aryl methyl sites for hydroxylation is 2. The monoisotopic (exact) mass is 290 g/mol. The Morgan fingerprint density at radius 2 is 2.20 bits per heavy atom. The van der Waals surface area contributed by atoms with Gasteiger partial charge in [0, 0.05) is 29.7 Å². The van der Waals surface area contributed by atoms with Crippen molar-refractivity contribution in [3.63, 3.8) is 0 Å². The average molecular weight is 290 g/mol. The van der Waals surface area contributed by atoms with Crippen molar-refractivity contribution in [2.24, 2.45) is 10.9 Å². The Labute approximate surface area is 122 Å². The quantitative estimate of drug-likeness (QED) is 0.341. The lowest BCUT2D eigenvalue weighted by Crippen LogP contribution is -2.15. The van der Waals surface area contributed by atoms with E-state index in [0.29, 0.717) is 0 Å². The summed E-state index contributed by atoms with van der Waals surface area (Å²) >= 11 is 1.70. The summed E-state index contributed by atoms with van der Waals surface area (Å²) in [6, 6.07) is 5.77. The maximum atomic E-state index is 8.66. The standard InChI is InChI=1S/C14H18N4OS/c1-9-5-11(14(15)18-19)3-4-12(9)6-16-7-13-8-17-10(2)20-13/h3-5,8,16,19H,6-7H2,1-2H3,(H2,15,18). The number of benzene rings is 1. The van der Waals surface area contributed by atoms with Crippen LogP contribution in [0.1, 0.15) is 26.6 Å². The number of hydrogen-bond acceptors (Lipinski definition) is 5. The molecule has 0 spiro atoms. The Balaban J connectivity index is 1.96. The van der Waals surface area contributed by atoms with Crippen LogP contribution in [-0.4, -0.2) is 16.0 Å². The van der Waals surface area contributed by atoms with Gasteiger partial charge in [-0.2, -0.15) is 0 Å². The zero-order valence-corrected chi connectivity index (χ0v) is 12.4. The number of nitrogens with zero attached hydrogens (tertiary/aromatic N) is 2. The summed E-state index contributed by atoms with van der Waals surface area (Å²) in [5, 5.41) is 16.1. The molecule has 1 heterocycles. The Kier molecular flexibility index (Phi) is 4.70. The minimum absolute atomic E-state index is 0.132. The summed E-state index contributed by atoms with van der Waals surface area (Å²) in [6.45, 7) is 5.61. The van der Waals surface area contributed by atoms with Crippen molar-refractivity contribution in [3.8, 4) is 0 Å². The molecule has 4 N–H and O–H groups in total. The van der Waals surface area contributed by atoms with Gasteiger partial charge >= 0.3 is 0 Å². The average Bonchev–Trinajstić information content (AvgIpc) is 2.85. The molecule has 1 aromatic carbocycles. The fourth-order valence-electron chi connectivity index (χ4n) is 1.92. The van der Waals surface area contributed by atoms with Crippen LogP contribution in [0.3, 0.4) is 0 Å². The number of amidine groups is 1. The molecule has 0 saturated heterocycles. The second-order valence-corrected chi connectivity index (χ2v) is 5.89. The van der Waals surface area contributed by atoms with Gasteiger partial charge in [-0.1, -0.05) is 17.3 Å². The molecule has 0 saturated carbocycles. The predicted octanol–water partition coefficient (Wildman–Crippen LogP) is 2.14. The van der Waals surface area contributed by atoms with Gasteiger partial charge in [0.25, 0.3) is 0 Å². The summed E-state index contributed by atoms with van der Waals surface area (Å²) in [7, 11) is 0. The predicted molar refractivity (Wildman–Crippen MR) is 81.1 cm³/mol. The lowest BCUT2D eigenvalue weighted by Gasteiger charge is -2.08. The van der Waals surface area contributed by atoms with Crippen molar-refractivity contribution in [1.29, 1.82) is 0 Å². The Morgan fingerprint density at radius 1 is 1.40 bits per heavy atom. The van der Waals surface area contributed by atoms with Gasteiger partial charge in [0.2, 0.25) is 0 Å². The molecule has 0 fully saturated rings. The van der Waals surface area contributed by atoms with Crippen molar-refractivity contribution in [3.05, 3.63) is 51.0 Å². The van der Waals surface area contributed by atoms with Crippen molar-refractivity contribution in [1.82, 2.24) is 10.3 Å². The van der Waals surface area contributed by atoms with Crippen LogP contribution in [0.15, 0.2) is 29.6 Å². The first kappa shape index (κ1) is 14.5. The first-order valence-electron chi connectivity index (χ1n) is 6.29. The van der Waals surface area contributed by atoms with E-state index in [9.17, 15) is 0 Å². The molecule has 106 valence electrons. The molecule has 0 aliphatic carbocycles. The zero-order chi connectivity index (χ0) is 14.5. The summed E-state index contributed by atoms with van der Waals surface area (Å²) in [4.78, 5) is 5.46. The number of nitrogens with two attached hydrogens (primary N) is 1. The largest absolute Gasteiger partial charge is 0.409 e. The smallest absolute Gasteiger partial charge is 0.170 e. The van der Waals surface area contributed by atoms with Crippen LogP contribution < -0.4 is 11.1 Å². The van der Waals surface area contributed by atoms with Crippen molar-refractivity contribution in [2.45, 2.75) is 26.9 Å². The van der Waals surface area contributed by atoms with E-state index >= 15 is 0 Å². The minimum atomic E-state index is 0.132. The fraction of sp³-hybridized carbons (Fsp3) is 0.286. The van der Waals surface area contributed by atoms with Crippen LogP contribution in [0.5, 0.6) is 0 Å². The Morgan fingerprint density at radius 3 is 2.80 bits per heavy atom. The second kappa shape index (κ2) is 6.49. The summed E-state index contributed by atoms with van der Waals surface area (Å²) < 4.78 is 0. The van der Waals surface area contributed by atoms with Crippen LogP contribution in [-0.2, 0) is 13.1 Å². The van der Waals surface area contributed by atoms with E-state index in [0.717, 1.165) is 29.2 Å². The molecule has 20 heavy (non-hydrogen) atoms. The van der Waals surface area contributed by atoms with Crippen molar-refractivity contribution in [2.75, 3.05) is 0 Å². The van der Waals surface area contributed by atoms with Gasteiger partial charge in [0.15, 0.2) is 5.84 Å². The summed E-state index contributed by atoms with van der Waals surface area (Å²) in [5.74, 6) is 0.132. The highest BCUT2D eigenvalue weighted by Crippen LogP contribution is 2.13. The molecule has 5 nitrogen and oxygen atoms in total. The molecule has 0 bridgehead atoms. The molecular formula is C14H18N4OS. The van der Waals surface area contributed by atoms with E-state index in [1.54, 1.807) is 11.3 Å². The van der Waals surface area contributed by atoms with Crippen LogP contribution >= 0.6 is 11.3 Å². The van der Waals surface area contributed by atoms with Gasteiger partial charge in [-0.3, -0.25) is 0 Å². The lowest BCUT2D eigenvalue weighted by molar-refractivity contribution is 0.318. The maximum Gasteiger partial charge on any atom is 0.170 e. The van der Waals surface area contributed by atoms with Crippen molar-refractivity contribution < 1.29 is 5.21 Å². The number of nitrogens with one attached hydrogen (secondary N) is 1. The molecular weight excluding hydrogens is 272 g/mol. The highest BCUT2D eigenvalue weighted by atomic mass is 32.1. The third kappa shape index (κ3) is 3.55. The highest BCUT2D eigenvalue weighted by Gasteiger charge is 2.04. The molecule has 6 heteroatoms. The van der Waals surface area contributed by atoms with E-state index < -0.39 is 0 Å². The topological polar surface area (TPSA) is 83.5 Å². The number of aromatic nitrogens is 1.